The van der Waals surface area contributed by atoms with E-state index in [0.717, 1.165) is 47.9 Å². The molecule has 0 radical (unpaired) electrons. The number of carbonyl (C=O) groups is 2. The number of rotatable bonds is 11. The lowest BCUT2D eigenvalue weighted by atomic mass is 10.1. The average Bonchev–Trinajstić information content (AvgIpc) is 3.46. The van der Waals surface area contributed by atoms with E-state index in [1.54, 1.807) is 29.2 Å². The summed E-state index contributed by atoms with van der Waals surface area (Å²) in [6.45, 7) is 7.42. The normalized spacial score (nSPS) is 14.4. The molecule has 1 unspecified atom stereocenters. The molecule has 3 aromatic rings. The summed E-state index contributed by atoms with van der Waals surface area (Å²) in [5.74, 6) is -0.619. The highest BCUT2D eigenvalue weighted by Crippen LogP contribution is 2.28. The van der Waals surface area contributed by atoms with Gasteiger partial charge in [-0.3, -0.25) is 13.9 Å². The molecule has 0 bridgehead atoms. The van der Waals surface area contributed by atoms with Crippen LogP contribution in [0.25, 0.3) is 0 Å². The maximum Gasteiger partial charge on any atom is 0.264 e. The summed E-state index contributed by atoms with van der Waals surface area (Å²) in [5.41, 5.74) is 4.09. The van der Waals surface area contributed by atoms with Crippen molar-refractivity contribution in [3.8, 4) is 0 Å². The van der Waals surface area contributed by atoms with Gasteiger partial charge in [-0.2, -0.15) is 0 Å². The van der Waals surface area contributed by atoms with Crippen molar-refractivity contribution in [1.29, 1.82) is 0 Å². The third-order valence-corrected chi connectivity index (χ3v) is 9.69. The fourth-order valence-electron chi connectivity index (χ4n) is 5.58. The lowest BCUT2D eigenvalue weighted by molar-refractivity contribution is -0.140. The maximum absolute atomic E-state index is 14.3. The smallest absolute Gasteiger partial charge is 0.264 e. The van der Waals surface area contributed by atoms with Crippen molar-refractivity contribution >= 4 is 27.5 Å². The Labute approximate surface area is 244 Å². The van der Waals surface area contributed by atoms with Gasteiger partial charge in [-0.1, -0.05) is 79.9 Å². The van der Waals surface area contributed by atoms with Crippen LogP contribution in [0.3, 0.4) is 0 Å². The van der Waals surface area contributed by atoms with E-state index in [1.807, 2.05) is 64.1 Å². The fourth-order valence-corrected chi connectivity index (χ4v) is 7.08. The van der Waals surface area contributed by atoms with Crippen molar-refractivity contribution < 1.29 is 18.0 Å². The minimum atomic E-state index is -4.09. The Morgan fingerprint density at radius 2 is 1.56 bits per heavy atom. The Balaban J connectivity index is 1.74. The molecule has 41 heavy (non-hydrogen) atoms. The molecule has 1 fully saturated rings. The van der Waals surface area contributed by atoms with Crippen LogP contribution in [-0.4, -0.2) is 43.8 Å². The zero-order chi connectivity index (χ0) is 29.6. The van der Waals surface area contributed by atoms with Gasteiger partial charge in [-0.25, -0.2) is 8.42 Å². The van der Waals surface area contributed by atoms with Crippen molar-refractivity contribution in [2.75, 3.05) is 10.8 Å². The molecule has 8 heteroatoms. The molecular formula is C33H41N3O4S. The number of nitrogens with one attached hydrogen (secondary N) is 1. The molecule has 3 aromatic carbocycles. The summed E-state index contributed by atoms with van der Waals surface area (Å²) < 4.78 is 29.2. The number of hydrogen-bond donors (Lipinski definition) is 1. The van der Waals surface area contributed by atoms with Crippen LogP contribution in [-0.2, 0) is 26.2 Å². The highest BCUT2D eigenvalue weighted by Gasteiger charge is 2.35. The van der Waals surface area contributed by atoms with Gasteiger partial charge in [-0.05, 0) is 74.9 Å². The van der Waals surface area contributed by atoms with Crippen LogP contribution >= 0.6 is 0 Å². The van der Waals surface area contributed by atoms with Crippen LogP contribution < -0.4 is 9.62 Å². The Morgan fingerprint density at radius 1 is 0.902 bits per heavy atom. The van der Waals surface area contributed by atoms with E-state index in [0.29, 0.717) is 12.1 Å². The SMILES string of the molecule is CCC(C(=O)NC1CCCC1)N(Cc1ccccc1C)C(=O)CN(c1ccc(C)cc1C)S(=O)(=O)c1ccccc1. The number of nitrogens with zero attached hydrogens (tertiary/aromatic N) is 2. The van der Waals surface area contributed by atoms with Crippen LogP contribution in [0.4, 0.5) is 5.69 Å². The first-order valence-electron chi connectivity index (χ1n) is 14.4. The van der Waals surface area contributed by atoms with E-state index >= 15 is 0 Å². The topological polar surface area (TPSA) is 86.8 Å². The lowest BCUT2D eigenvalue weighted by Crippen LogP contribution is -2.53. The first kappa shape index (κ1) is 30.3. The van der Waals surface area contributed by atoms with Crippen LogP contribution in [0, 0.1) is 20.8 Å². The molecule has 0 spiro atoms. The van der Waals surface area contributed by atoms with Crippen LogP contribution in [0.2, 0.25) is 0 Å². The van der Waals surface area contributed by atoms with E-state index in [2.05, 4.69) is 5.32 Å². The molecule has 0 aliphatic heterocycles. The van der Waals surface area contributed by atoms with Gasteiger partial charge in [0.05, 0.1) is 10.6 Å². The third kappa shape index (κ3) is 7.17. The number of sulfonamides is 1. The number of benzene rings is 3. The third-order valence-electron chi connectivity index (χ3n) is 7.92. The van der Waals surface area contributed by atoms with Crippen molar-refractivity contribution in [1.82, 2.24) is 10.2 Å². The summed E-state index contributed by atoms with van der Waals surface area (Å²) in [6, 6.07) is 20.8. The molecule has 1 saturated carbocycles. The highest BCUT2D eigenvalue weighted by molar-refractivity contribution is 7.92. The molecule has 1 atom stereocenters. The molecule has 1 aliphatic rings. The largest absolute Gasteiger partial charge is 0.352 e. The molecular weight excluding hydrogens is 534 g/mol. The van der Waals surface area contributed by atoms with Crippen molar-refractivity contribution in [2.24, 2.45) is 0 Å². The van der Waals surface area contributed by atoms with E-state index in [4.69, 9.17) is 0 Å². The van der Waals surface area contributed by atoms with Gasteiger partial charge in [0.2, 0.25) is 11.8 Å². The fraction of sp³-hybridized carbons (Fsp3) is 0.394. The highest BCUT2D eigenvalue weighted by atomic mass is 32.2. The van der Waals surface area contributed by atoms with Gasteiger partial charge in [0.15, 0.2) is 0 Å². The van der Waals surface area contributed by atoms with E-state index in [9.17, 15) is 18.0 Å². The maximum atomic E-state index is 14.3. The second-order valence-corrected chi connectivity index (χ2v) is 12.8. The summed E-state index contributed by atoms with van der Waals surface area (Å²) in [7, 11) is -4.09. The van der Waals surface area contributed by atoms with Gasteiger partial charge in [0, 0.05) is 12.6 Å². The number of carbonyl (C=O) groups excluding carboxylic acids is 2. The van der Waals surface area contributed by atoms with Crippen LogP contribution in [0.1, 0.15) is 61.3 Å². The molecule has 218 valence electrons. The predicted molar refractivity (Wildman–Crippen MR) is 163 cm³/mol. The van der Waals surface area contributed by atoms with E-state index < -0.39 is 28.5 Å². The molecule has 0 aromatic heterocycles. The molecule has 1 N–H and O–H groups in total. The van der Waals surface area contributed by atoms with Crippen molar-refractivity contribution in [2.45, 2.75) is 83.3 Å². The van der Waals surface area contributed by atoms with Gasteiger partial charge < -0.3 is 10.2 Å². The minimum absolute atomic E-state index is 0.101. The zero-order valence-electron chi connectivity index (χ0n) is 24.5. The van der Waals surface area contributed by atoms with Gasteiger partial charge >= 0.3 is 0 Å². The standard InChI is InChI=1S/C33H41N3O4S/c1-5-30(33(38)34-28-15-11-12-16-28)35(22-27-14-10-9-13-25(27)3)32(37)23-36(31-20-19-24(2)21-26(31)4)41(39,40)29-17-7-6-8-18-29/h6-10,13-14,17-21,28,30H,5,11-12,15-16,22-23H2,1-4H3,(H,34,38). The number of amides is 2. The number of hydrogen-bond acceptors (Lipinski definition) is 4. The molecule has 2 amide bonds. The van der Waals surface area contributed by atoms with Crippen molar-refractivity contribution in [3.05, 3.63) is 95.1 Å². The van der Waals surface area contributed by atoms with E-state index in [1.165, 1.54) is 16.4 Å². The molecule has 0 saturated heterocycles. The Bertz CT molecular complexity index is 1470. The minimum Gasteiger partial charge on any atom is -0.352 e. The molecule has 4 rings (SSSR count). The van der Waals surface area contributed by atoms with E-state index in [-0.39, 0.29) is 23.4 Å². The summed E-state index contributed by atoms with van der Waals surface area (Å²) in [5, 5.41) is 3.16. The first-order valence-corrected chi connectivity index (χ1v) is 15.8. The zero-order valence-corrected chi connectivity index (χ0v) is 25.3. The molecule has 7 nitrogen and oxygen atoms in total. The van der Waals surface area contributed by atoms with Gasteiger partial charge in [0.1, 0.15) is 12.6 Å². The summed E-state index contributed by atoms with van der Waals surface area (Å²) >= 11 is 0. The van der Waals surface area contributed by atoms with Gasteiger partial charge in [0.25, 0.3) is 10.0 Å². The second kappa shape index (κ2) is 13.3. The lowest BCUT2D eigenvalue weighted by Gasteiger charge is -2.34. The number of anilines is 1. The second-order valence-electron chi connectivity index (χ2n) is 11.0. The van der Waals surface area contributed by atoms with Crippen LogP contribution in [0.15, 0.2) is 77.7 Å². The van der Waals surface area contributed by atoms with Crippen LogP contribution in [0.5, 0.6) is 0 Å². The summed E-state index contributed by atoms with van der Waals surface area (Å²) in [6.07, 6.45) is 4.43. The monoisotopic (exact) mass is 575 g/mol. The Kier molecular flexibility index (Phi) is 9.86. The Morgan fingerprint density at radius 3 is 2.20 bits per heavy atom. The molecule has 1 aliphatic carbocycles. The molecule has 0 heterocycles. The Hall–Kier alpha value is -3.65. The quantitative estimate of drug-likeness (QED) is 0.319. The first-order chi connectivity index (χ1) is 19.6. The van der Waals surface area contributed by atoms with Crippen molar-refractivity contribution in [3.63, 3.8) is 0 Å². The predicted octanol–water partition coefficient (Wildman–Crippen LogP) is 5.67. The summed E-state index contributed by atoms with van der Waals surface area (Å²) in [4.78, 5) is 29.5. The average molecular weight is 576 g/mol. The van der Waals surface area contributed by atoms with Gasteiger partial charge in [-0.15, -0.1) is 0 Å². The number of aryl methyl sites for hydroxylation is 3.